The number of hydrogen-bond acceptors (Lipinski definition) is 1. The van der Waals surface area contributed by atoms with E-state index in [2.05, 4.69) is 34.6 Å². The molecule has 0 amide bonds. The van der Waals surface area contributed by atoms with E-state index in [1.165, 1.54) is 34.3 Å². The van der Waals surface area contributed by atoms with Gasteiger partial charge in [-0.25, -0.2) is 0 Å². The average Bonchev–Trinajstić information content (AvgIpc) is 3.12. The molecule has 5 rings (SSSR count). The van der Waals surface area contributed by atoms with Crippen molar-refractivity contribution in [2.45, 2.75) is 44.3 Å². The maximum Gasteiger partial charge on any atom is 0.416 e. The number of aryl methyl sites for hydroxylation is 1. The minimum Gasteiger partial charge on any atom is -0.358 e. The Hall–Kier alpha value is -2.53. The van der Waals surface area contributed by atoms with Crippen LogP contribution in [0.2, 0.25) is 0 Å². The predicted molar refractivity (Wildman–Crippen MR) is 114 cm³/mol. The van der Waals surface area contributed by atoms with Gasteiger partial charge in [0.2, 0.25) is 0 Å². The summed E-state index contributed by atoms with van der Waals surface area (Å²) < 4.78 is 39.3. The number of hydrogen-bond donors (Lipinski definition) is 2. The van der Waals surface area contributed by atoms with Crippen molar-refractivity contribution in [1.82, 2.24) is 10.3 Å². The molecule has 2 aliphatic rings. The fourth-order valence-electron chi connectivity index (χ4n) is 5.11. The topological polar surface area (TPSA) is 27.8 Å². The van der Waals surface area contributed by atoms with Crippen molar-refractivity contribution in [3.63, 3.8) is 0 Å². The second-order valence-electron chi connectivity index (χ2n) is 8.59. The molecule has 3 aromatic rings. The molecule has 0 radical (unpaired) electrons. The van der Waals surface area contributed by atoms with Crippen LogP contribution in [-0.4, -0.2) is 17.6 Å². The predicted octanol–water partition coefficient (Wildman–Crippen LogP) is 6.13. The molecule has 1 aliphatic carbocycles. The lowest BCUT2D eigenvalue weighted by Gasteiger charge is -2.30. The van der Waals surface area contributed by atoms with Crippen LogP contribution in [0.4, 0.5) is 13.2 Å². The van der Waals surface area contributed by atoms with Gasteiger partial charge in [0.1, 0.15) is 0 Å². The van der Waals surface area contributed by atoms with E-state index in [-0.39, 0.29) is 0 Å². The standard InChI is InChI=1S/C25H25F3N2/c26-25(27,28)19-5-3-4-17(14-19)18-10-11-29-20(15-18)12-16-8-9-24-22(13-16)21-6-1-2-7-23(21)30-24/h1-7,10,14,16,20,29-30H,8-9,11-13,15H2. The third-order valence-electron chi connectivity index (χ3n) is 6.60. The van der Waals surface area contributed by atoms with Crippen molar-refractivity contribution in [2.24, 2.45) is 5.92 Å². The van der Waals surface area contributed by atoms with E-state index in [0.717, 1.165) is 43.7 Å². The zero-order valence-electron chi connectivity index (χ0n) is 16.7. The molecule has 2 heterocycles. The van der Waals surface area contributed by atoms with Crippen LogP contribution in [0.3, 0.4) is 0 Å². The minimum absolute atomic E-state index is 0.302. The molecule has 0 saturated heterocycles. The molecule has 2 aromatic carbocycles. The van der Waals surface area contributed by atoms with E-state index < -0.39 is 11.7 Å². The summed E-state index contributed by atoms with van der Waals surface area (Å²) in [6, 6.07) is 14.5. The summed E-state index contributed by atoms with van der Waals surface area (Å²) in [4.78, 5) is 3.57. The van der Waals surface area contributed by atoms with Gasteiger partial charge < -0.3 is 10.3 Å². The molecule has 0 spiro atoms. The maximum absolute atomic E-state index is 13.1. The quantitative estimate of drug-likeness (QED) is 0.534. The molecule has 1 aromatic heterocycles. The number of rotatable bonds is 3. The Kier molecular flexibility index (Phi) is 4.94. The van der Waals surface area contributed by atoms with Gasteiger partial charge in [0.05, 0.1) is 5.56 Å². The summed E-state index contributed by atoms with van der Waals surface area (Å²) in [6.07, 6.45) is 2.85. The fourth-order valence-corrected chi connectivity index (χ4v) is 5.11. The molecule has 2 nitrogen and oxygen atoms in total. The summed E-state index contributed by atoms with van der Waals surface area (Å²) in [5, 5.41) is 4.89. The van der Waals surface area contributed by atoms with Crippen LogP contribution in [0.15, 0.2) is 54.6 Å². The second kappa shape index (κ2) is 7.62. The van der Waals surface area contributed by atoms with Crippen LogP contribution in [0.1, 0.15) is 41.6 Å². The highest BCUT2D eigenvalue weighted by Gasteiger charge is 2.31. The Morgan fingerprint density at radius 1 is 1.00 bits per heavy atom. The molecular formula is C25H25F3N2. The van der Waals surface area contributed by atoms with Crippen molar-refractivity contribution >= 4 is 16.5 Å². The fraction of sp³-hybridized carbons (Fsp3) is 0.360. The molecule has 2 unspecified atom stereocenters. The number of alkyl halides is 3. The van der Waals surface area contributed by atoms with E-state index in [0.29, 0.717) is 24.1 Å². The monoisotopic (exact) mass is 410 g/mol. The zero-order valence-corrected chi connectivity index (χ0v) is 16.7. The van der Waals surface area contributed by atoms with E-state index in [4.69, 9.17) is 0 Å². The highest BCUT2D eigenvalue weighted by Crippen LogP contribution is 2.36. The number of nitrogens with one attached hydrogen (secondary N) is 2. The third kappa shape index (κ3) is 3.79. The Bertz CT molecular complexity index is 1090. The Balaban J connectivity index is 1.29. The molecule has 0 saturated carbocycles. The highest BCUT2D eigenvalue weighted by atomic mass is 19.4. The number of aromatic amines is 1. The zero-order chi connectivity index (χ0) is 20.7. The van der Waals surface area contributed by atoms with Crippen LogP contribution < -0.4 is 5.32 Å². The first kappa shape index (κ1) is 19.4. The third-order valence-corrected chi connectivity index (χ3v) is 6.60. The lowest BCUT2D eigenvalue weighted by atomic mass is 9.80. The van der Waals surface area contributed by atoms with Crippen molar-refractivity contribution in [3.05, 3.63) is 77.0 Å². The summed E-state index contributed by atoms with van der Waals surface area (Å²) in [7, 11) is 0. The lowest BCUT2D eigenvalue weighted by molar-refractivity contribution is -0.137. The Labute approximate surface area is 174 Å². The van der Waals surface area contributed by atoms with Crippen LogP contribution >= 0.6 is 0 Å². The summed E-state index contributed by atoms with van der Waals surface area (Å²) >= 11 is 0. The summed E-state index contributed by atoms with van der Waals surface area (Å²) in [5.74, 6) is 0.593. The Morgan fingerprint density at radius 3 is 2.73 bits per heavy atom. The molecule has 30 heavy (non-hydrogen) atoms. The van der Waals surface area contributed by atoms with E-state index >= 15 is 0 Å². The number of H-pyrrole nitrogens is 1. The minimum atomic E-state index is -4.30. The van der Waals surface area contributed by atoms with Crippen molar-refractivity contribution in [3.8, 4) is 0 Å². The van der Waals surface area contributed by atoms with Gasteiger partial charge in [-0.3, -0.25) is 0 Å². The second-order valence-corrected chi connectivity index (χ2v) is 8.59. The van der Waals surface area contributed by atoms with Gasteiger partial charge >= 0.3 is 6.18 Å². The van der Waals surface area contributed by atoms with Crippen molar-refractivity contribution in [2.75, 3.05) is 6.54 Å². The highest BCUT2D eigenvalue weighted by molar-refractivity contribution is 5.84. The number of benzene rings is 2. The molecule has 0 fully saturated rings. The van der Waals surface area contributed by atoms with Gasteiger partial charge in [0.15, 0.2) is 0 Å². The first-order valence-corrected chi connectivity index (χ1v) is 10.7. The van der Waals surface area contributed by atoms with Gasteiger partial charge in [-0.15, -0.1) is 0 Å². The van der Waals surface area contributed by atoms with E-state index in [9.17, 15) is 13.2 Å². The molecule has 1 aliphatic heterocycles. The van der Waals surface area contributed by atoms with Crippen LogP contribution in [0.25, 0.3) is 16.5 Å². The van der Waals surface area contributed by atoms with Crippen LogP contribution in [-0.2, 0) is 19.0 Å². The Morgan fingerprint density at radius 2 is 1.87 bits per heavy atom. The van der Waals surface area contributed by atoms with Gasteiger partial charge in [0.25, 0.3) is 0 Å². The normalized spacial score (nSPS) is 22.0. The van der Waals surface area contributed by atoms with Crippen LogP contribution in [0, 0.1) is 5.92 Å². The molecule has 2 N–H and O–H groups in total. The first-order valence-electron chi connectivity index (χ1n) is 10.7. The van der Waals surface area contributed by atoms with Gasteiger partial charge in [-0.2, -0.15) is 13.2 Å². The van der Waals surface area contributed by atoms with Gasteiger partial charge in [0, 0.05) is 29.2 Å². The SMILES string of the molecule is FC(F)(F)c1cccc(C2=CCNC(CC3CCc4[nH]c5ccccc5c4C3)C2)c1. The molecular weight excluding hydrogens is 385 g/mol. The van der Waals surface area contributed by atoms with Crippen molar-refractivity contribution in [1.29, 1.82) is 0 Å². The van der Waals surface area contributed by atoms with Crippen LogP contribution in [0.5, 0.6) is 0 Å². The van der Waals surface area contributed by atoms with E-state index in [1.807, 2.05) is 6.08 Å². The lowest BCUT2D eigenvalue weighted by Crippen LogP contribution is -2.35. The van der Waals surface area contributed by atoms with Crippen molar-refractivity contribution < 1.29 is 13.2 Å². The van der Waals surface area contributed by atoms with E-state index in [1.54, 1.807) is 6.07 Å². The summed E-state index contributed by atoms with van der Waals surface area (Å²) in [6.45, 7) is 0.710. The van der Waals surface area contributed by atoms with Gasteiger partial charge in [-0.1, -0.05) is 36.4 Å². The largest absolute Gasteiger partial charge is 0.416 e. The number of para-hydroxylation sites is 1. The molecule has 2 atom stereocenters. The maximum atomic E-state index is 13.1. The molecule has 0 bridgehead atoms. The van der Waals surface area contributed by atoms with Gasteiger partial charge in [-0.05, 0) is 72.9 Å². The smallest absolute Gasteiger partial charge is 0.358 e. The first-order chi connectivity index (χ1) is 14.5. The summed E-state index contributed by atoms with van der Waals surface area (Å²) in [5.41, 5.74) is 5.18. The molecule has 5 heteroatoms. The molecule has 156 valence electrons. The average molecular weight is 410 g/mol. The number of halogens is 3. The number of aromatic nitrogens is 1. The number of fused-ring (bicyclic) bond motifs is 3.